The predicted molar refractivity (Wildman–Crippen MR) is 111 cm³/mol. The lowest BCUT2D eigenvalue weighted by atomic mass is 10.2. The molecule has 0 atom stereocenters. The minimum absolute atomic E-state index is 0.650. The summed E-state index contributed by atoms with van der Waals surface area (Å²) in [5, 5.41) is 19.0. The van der Waals surface area contributed by atoms with Crippen LogP contribution in [0.3, 0.4) is 0 Å². The van der Waals surface area contributed by atoms with E-state index < -0.39 is 0 Å². The average Bonchev–Trinajstić information content (AvgIpc) is 3.44. The molecule has 0 saturated carbocycles. The van der Waals surface area contributed by atoms with Crippen LogP contribution in [-0.4, -0.2) is 40.0 Å². The highest BCUT2D eigenvalue weighted by Gasteiger charge is 2.13. The zero-order valence-corrected chi connectivity index (χ0v) is 17.1. The molecule has 4 aromatic rings. The van der Waals surface area contributed by atoms with Crippen molar-refractivity contribution in [3.8, 4) is 17.2 Å². The zero-order chi connectivity index (χ0) is 20.2. The molecule has 8 nitrogen and oxygen atoms in total. The summed E-state index contributed by atoms with van der Waals surface area (Å²) in [4.78, 5) is 4.72. The second kappa shape index (κ2) is 8.38. The Balaban J connectivity index is 1.59. The first kappa shape index (κ1) is 19.0. The monoisotopic (exact) mass is 390 g/mol. The Kier molecular flexibility index (Phi) is 5.50. The van der Waals surface area contributed by atoms with Gasteiger partial charge >= 0.3 is 0 Å². The number of tetrazole rings is 1. The molecule has 0 spiro atoms. The van der Waals surface area contributed by atoms with Gasteiger partial charge in [0.15, 0.2) is 11.6 Å². The van der Waals surface area contributed by atoms with E-state index in [-0.39, 0.29) is 0 Å². The molecular weight excluding hydrogens is 364 g/mol. The second-order valence-electron chi connectivity index (χ2n) is 7.21. The van der Waals surface area contributed by atoms with E-state index in [1.807, 2.05) is 6.07 Å². The number of hydrogen-bond donors (Lipinski definition) is 1. The van der Waals surface area contributed by atoms with Crippen LogP contribution in [0.1, 0.15) is 49.6 Å². The molecule has 0 amide bonds. The SMILES string of the molecule is CCCc1nc(CCC)n(Cc2ccc(-n3c(C)ccc3-c3nnn[nH]3)cc2)n1. The van der Waals surface area contributed by atoms with Gasteiger partial charge in [0, 0.05) is 24.2 Å². The molecule has 8 heteroatoms. The summed E-state index contributed by atoms with van der Waals surface area (Å²) in [5.41, 5.74) is 4.33. The molecule has 4 rings (SSSR count). The first-order chi connectivity index (χ1) is 14.2. The number of H-pyrrole nitrogens is 1. The first-order valence-corrected chi connectivity index (χ1v) is 10.1. The van der Waals surface area contributed by atoms with E-state index in [1.165, 1.54) is 5.56 Å². The van der Waals surface area contributed by atoms with Gasteiger partial charge in [0.2, 0.25) is 0 Å². The van der Waals surface area contributed by atoms with Gasteiger partial charge in [-0.15, -0.1) is 5.10 Å². The van der Waals surface area contributed by atoms with Crippen molar-refractivity contribution in [2.45, 2.75) is 53.0 Å². The molecule has 3 heterocycles. The number of benzene rings is 1. The van der Waals surface area contributed by atoms with Crippen LogP contribution in [0, 0.1) is 6.92 Å². The summed E-state index contributed by atoms with van der Waals surface area (Å²) in [6, 6.07) is 12.6. The molecule has 0 aliphatic heterocycles. The summed E-state index contributed by atoms with van der Waals surface area (Å²) in [5.74, 6) is 2.67. The fraction of sp³-hybridized carbons (Fsp3) is 0.381. The van der Waals surface area contributed by atoms with Gasteiger partial charge in [0.05, 0.1) is 12.2 Å². The average molecular weight is 390 g/mol. The van der Waals surface area contributed by atoms with Crippen molar-refractivity contribution >= 4 is 0 Å². The molecule has 3 aromatic heterocycles. The number of nitrogens with zero attached hydrogens (tertiary/aromatic N) is 7. The van der Waals surface area contributed by atoms with Crippen LogP contribution in [0.2, 0.25) is 0 Å². The maximum Gasteiger partial charge on any atom is 0.196 e. The number of aromatic amines is 1. The largest absolute Gasteiger partial charge is 0.311 e. The third kappa shape index (κ3) is 3.96. The van der Waals surface area contributed by atoms with E-state index in [1.54, 1.807) is 0 Å². The van der Waals surface area contributed by atoms with E-state index in [0.717, 1.165) is 61.0 Å². The van der Waals surface area contributed by atoms with Crippen molar-refractivity contribution < 1.29 is 0 Å². The number of aryl methyl sites for hydroxylation is 3. The van der Waals surface area contributed by atoms with Gasteiger partial charge in [-0.05, 0) is 60.0 Å². The molecule has 150 valence electrons. The van der Waals surface area contributed by atoms with E-state index >= 15 is 0 Å². The second-order valence-corrected chi connectivity index (χ2v) is 7.21. The molecule has 0 radical (unpaired) electrons. The first-order valence-electron chi connectivity index (χ1n) is 10.1. The van der Waals surface area contributed by atoms with Crippen molar-refractivity contribution in [1.82, 2.24) is 40.0 Å². The van der Waals surface area contributed by atoms with Crippen LogP contribution in [0.4, 0.5) is 0 Å². The third-order valence-corrected chi connectivity index (χ3v) is 4.93. The Morgan fingerprint density at radius 3 is 2.45 bits per heavy atom. The van der Waals surface area contributed by atoms with E-state index in [2.05, 4.69) is 81.0 Å². The standard InChI is InChI=1S/C21H26N8/c1-4-6-19-22-20(7-5-2)28(25-19)14-16-9-11-17(12-10-16)29-15(3)8-13-18(29)21-23-26-27-24-21/h8-13H,4-7,14H2,1-3H3,(H,23,24,26,27). The van der Waals surface area contributed by atoms with Gasteiger partial charge in [0.25, 0.3) is 0 Å². The number of aromatic nitrogens is 8. The van der Waals surface area contributed by atoms with Gasteiger partial charge in [-0.25, -0.2) is 14.8 Å². The van der Waals surface area contributed by atoms with Gasteiger partial charge < -0.3 is 4.57 Å². The third-order valence-electron chi connectivity index (χ3n) is 4.93. The summed E-state index contributed by atoms with van der Waals surface area (Å²) < 4.78 is 4.19. The molecule has 0 aliphatic rings. The van der Waals surface area contributed by atoms with Crippen molar-refractivity contribution in [3.05, 3.63) is 59.3 Å². The number of rotatable bonds is 8. The zero-order valence-electron chi connectivity index (χ0n) is 17.1. The molecule has 1 aromatic carbocycles. The van der Waals surface area contributed by atoms with Crippen molar-refractivity contribution in [3.63, 3.8) is 0 Å². The smallest absolute Gasteiger partial charge is 0.196 e. The maximum atomic E-state index is 4.72. The van der Waals surface area contributed by atoms with Crippen molar-refractivity contribution in [1.29, 1.82) is 0 Å². The molecule has 0 unspecified atom stereocenters. The number of hydrogen-bond acceptors (Lipinski definition) is 5. The summed E-state index contributed by atoms with van der Waals surface area (Å²) in [6.45, 7) is 7.14. The lowest BCUT2D eigenvalue weighted by Gasteiger charge is -2.11. The molecule has 0 saturated heterocycles. The van der Waals surface area contributed by atoms with Gasteiger partial charge in [0.1, 0.15) is 5.82 Å². The fourth-order valence-electron chi connectivity index (χ4n) is 3.55. The Morgan fingerprint density at radius 1 is 0.966 bits per heavy atom. The van der Waals surface area contributed by atoms with Gasteiger partial charge in [-0.2, -0.15) is 5.10 Å². The van der Waals surface area contributed by atoms with Crippen molar-refractivity contribution in [2.24, 2.45) is 0 Å². The highest BCUT2D eigenvalue weighted by atomic mass is 15.5. The normalized spacial score (nSPS) is 11.3. The maximum absolute atomic E-state index is 4.72. The topological polar surface area (TPSA) is 90.1 Å². The Labute approximate surface area is 170 Å². The Bertz CT molecular complexity index is 1060. The molecular formula is C21H26N8. The van der Waals surface area contributed by atoms with E-state index in [4.69, 9.17) is 10.1 Å². The predicted octanol–water partition coefficient (Wildman–Crippen LogP) is 3.51. The minimum Gasteiger partial charge on any atom is -0.311 e. The summed E-state index contributed by atoms with van der Waals surface area (Å²) in [6.07, 6.45) is 4.00. The summed E-state index contributed by atoms with van der Waals surface area (Å²) >= 11 is 0. The van der Waals surface area contributed by atoms with Crippen LogP contribution in [-0.2, 0) is 19.4 Å². The van der Waals surface area contributed by atoms with Gasteiger partial charge in [-0.1, -0.05) is 26.0 Å². The van der Waals surface area contributed by atoms with Crippen LogP contribution in [0.5, 0.6) is 0 Å². The molecule has 1 N–H and O–H groups in total. The molecule has 0 bridgehead atoms. The fourth-order valence-corrected chi connectivity index (χ4v) is 3.55. The van der Waals surface area contributed by atoms with Gasteiger partial charge in [-0.3, -0.25) is 0 Å². The molecule has 0 fully saturated rings. The van der Waals surface area contributed by atoms with E-state index in [0.29, 0.717) is 5.82 Å². The minimum atomic E-state index is 0.650. The lowest BCUT2D eigenvalue weighted by molar-refractivity contribution is 0.623. The van der Waals surface area contributed by atoms with Crippen LogP contribution < -0.4 is 0 Å². The molecule has 29 heavy (non-hydrogen) atoms. The van der Waals surface area contributed by atoms with Crippen molar-refractivity contribution in [2.75, 3.05) is 0 Å². The Hall–Kier alpha value is -3.29. The summed E-state index contributed by atoms with van der Waals surface area (Å²) in [7, 11) is 0. The van der Waals surface area contributed by atoms with E-state index in [9.17, 15) is 0 Å². The van der Waals surface area contributed by atoms with Crippen LogP contribution in [0.25, 0.3) is 17.2 Å². The number of nitrogens with one attached hydrogen (secondary N) is 1. The lowest BCUT2D eigenvalue weighted by Crippen LogP contribution is -2.07. The van der Waals surface area contributed by atoms with Crippen LogP contribution >= 0.6 is 0 Å². The highest BCUT2D eigenvalue weighted by molar-refractivity contribution is 5.56. The highest BCUT2D eigenvalue weighted by Crippen LogP contribution is 2.23. The quantitative estimate of drug-likeness (QED) is 0.497. The van der Waals surface area contributed by atoms with Crippen LogP contribution in [0.15, 0.2) is 36.4 Å². The Morgan fingerprint density at radius 2 is 1.76 bits per heavy atom. The molecule has 0 aliphatic carbocycles.